The zero-order valence-corrected chi connectivity index (χ0v) is 13.1. The van der Waals surface area contributed by atoms with E-state index in [1.54, 1.807) is 19.4 Å². The fourth-order valence-electron chi connectivity index (χ4n) is 1.83. The van der Waals surface area contributed by atoms with Crippen molar-refractivity contribution in [2.75, 3.05) is 20.3 Å². The van der Waals surface area contributed by atoms with E-state index >= 15 is 0 Å². The van der Waals surface area contributed by atoms with Gasteiger partial charge in [0.2, 0.25) is 5.91 Å². The molecule has 5 heteroatoms. The molecule has 2 rings (SSSR count). The van der Waals surface area contributed by atoms with Crippen LogP contribution in [-0.2, 0) is 16.1 Å². The van der Waals surface area contributed by atoms with E-state index in [1.165, 1.54) is 6.08 Å². The lowest BCUT2D eigenvalue weighted by molar-refractivity contribution is -0.116. The maximum atomic E-state index is 11.8. The molecule has 1 amide bonds. The second-order valence-corrected chi connectivity index (χ2v) is 4.79. The van der Waals surface area contributed by atoms with Gasteiger partial charge >= 0.3 is 0 Å². The lowest BCUT2D eigenvalue weighted by atomic mass is 10.2. The van der Waals surface area contributed by atoms with Gasteiger partial charge in [-0.15, -0.1) is 0 Å². The minimum atomic E-state index is -0.156. The highest BCUT2D eigenvalue weighted by Gasteiger charge is 1.99. The van der Waals surface area contributed by atoms with Crippen LogP contribution >= 0.6 is 0 Å². The summed E-state index contributed by atoms with van der Waals surface area (Å²) in [4.78, 5) is 15.9. The molecule has 120 valence electrons. The second kappa shape index (κ2) is 9.38. The quantitative estimate of drug-likeness (QED) is 0.601. The molecule has 0 saturated heterocycles. The van der Waals surface area contributed by atoms with Gasteiger partial charge in [-0.25, -0.2) is 0 Å². The standard InChI is InChI=1S/C18H20N2O3/c1-22-12-13-23-17-8-5-15(6-9-17)14-20-18(21)10-7-16-4-2-3-11-19-16/h2-11H,12-14H2,1H3,(H,20,21). The van der Waals surface area contributed by atoms with Gasteiger partial charge in [0, 0.05) is 25.9 Å². The van der Waals surface area contributed by atoms with E-state index in [2.05, 4.69) is 10.3 Å². The molecule has 0 saturated carbocycles. The van der Waals surface area contributed by atoms with Gasteiger partial charge in [0.25, 0.3) is 0 Å². The van der Waals surface area contributed by atoms with Gasteiger partial charge in [-0.3, -0.25) is 9.78 Å². The SMILES string of the molecule is COCCOc1ccc(CNC(=O)C=Cc2ccccn2)cc1. The Balaban J connectivity index is 1.76. The molecule has 0 atom stereocenters. The molecule has 1 aromatic carbocycles. The van der Waals surface area contributed by atoms with Crippen LogP contribution < -0.4 is 10.1 Å². The van der Waals surface area contributed by atoms with Crippen molar-refractivity contribution >= 4 is 12.0 Å². The molecule has 0 aliphatic heterocycles. The van der Waals surface area contributed by atoms with Gasteiger partial charge < -0.3 is 14.8 Å². The third-order valence-corrected chi connectivity index (χ3v) is 3.04. The first kappa shape index (κ1) is 16.7. The number of carbonyl (C=O) groups excluding carboxylic acids is 1. The van der Waals surface area contributed by atoms with E-state index in [9.17, 15) is 4.79 Å². The summed E-state index contributed by atoms with van der Waals surface area (Å²) in [5, 5.41) is 2.83. The van der Waals surface area contributed by atoms with Gasteiger partial charge in [-0.1, -0.05) is 18.2 Å². The number of nitrogens with zero attached hydrogens (tertiary/aromatic N) is 1. The van der Waals surface area contributed by atoms with Gasteiger partial charge in [0.1, 0.15) is 12.4 Å². The van der Waals surface area contributed by atoms with Crippen LogP contribution in [0, 0.1) is 0 Å². The number of hydrogen-bond donors (Lipinski definition) is 1. The summed E-state index contributed by atoms with van der Waals surface area (Å²) >= 11 is 0. The number of rotatable bonds is 8. The van der Waals surface area contributed by atoms with Crippen LogP contribution in [-0.4, -0.2) is 31.2 Å². The lowest BCUT2D eigenvalue weighted by Crippen LogP contribution is -2.20. The minimum Gasteiger partial charge on any atom is -0.491 e. The van der Waals surface area contributed by atoms with E-state index in [0.717, 1.165) is 17.0 Å². The second-order valence-electron chi connectivity index (χ2n) is 4.79. The lowest BCUT2D eigenvalue weighted by Gasteiger charge is -2.07. The highest BCUT2D eigenvalue weighted by Crippen LogP contribution is 2.12. The van der Waals surface area contributed by atoms with Crippen LogP contribution in [0.5, 0.6) is 5.75 Å². The number of benzene rings is 1. The van der Waals surface area contributed by atoms with Gasteiger partial charge in [0.05, 0.1) is 12.3 Å². The van der Waals surface area contributed by atoms with Crippen molar-refractivity contribution in [3.63, 3.8) is 0 Å². The average molecular weight is 312 g/mol. The minimum absolute atomic E-state index is 0.156. The van der Waals surface area contributed by atoms with Crippen LogP contribution in [0.1, 0.15) is 11.3 Å². The topological polar surface area (TPSA) is 60.5 Å². The Morgan fingerprint density at radius 3 is 2.70 bits per heavy atom. The molecule has 0 radical (unpaired) electrons. The van der Waals surface area contributed by atoms with Crippen LogP contribution in [0.2, 0.25) is 0 Å². The Labute approximate surface area is 136 Å². The summed E-state index contributed by atoms with van der Waals surface area (Å²) in [6.45, 7) is 1.54. The zero-order valence-electron chi connectivity index (χ0n) is 13.1. The molecule has 0 aliphatic carbocycles. The number of amides is 1. The Hall–Kier alpha value is -2.66. The van der Waals surface area contributed by atoms with Crippen LogP contribution in [0.3, 0.4) is 0 Å². The monoisotopic (exact) mass is 312 g/mol. The number of pyridine rings is 1. The van der Waals surface area contributed by atoms with Crippen LogP contribution in [0.15, 0.2) is 54.7 Å². The van der Waals surface area contributed by atoms with E-state index in [1.807, 2.05) is 42.5 Å². The maximum Gasteiger partial charge on any atom is 0.244 e. The maximum absolute atomic E-state index is 11.8. The first-order valence-corrected chi connectivity index (χ1v) is 7.35. The van der Waals surface area contributed by atoms with Crippen LogP contribution in [0.25, 0.3) is 6.08 Å². The highest BCUT2D eigenvalue weighted by atomic mass is 16.5. The average Bonchev–Trinajstić information content (AvgIpc) is 2.60. The molecule has 0 bridgehead atoms. The molecule has 1 aromatic heterocycles. The van der Waals surface area contributed by atoms with E-state index in [-0.39, 0.29) is 5.91 Å². The molecule has 1 N–H and O–H groups in total. The number of aromatic nitrogens is 1. The molecule has 0 aliphatic rings. The summed E-state index contributed by atoms with van der Waals surface area (Å²) < 4.78 is 10.4. The fourth-order valence-corrected chi connectivity index (χ4v) is 1.83. The molecule has 1 heterocycles. The van der Waals surface area contributed by atoms with Crippen molar-refractivity contribution in [2.45, 2.75) is 6.54 Å². The Bertz CT molecular complexity index is 624. The Kier molecular flexibility index (Phi) is 6.81. The third kappa shape index (κ3) is 6.32. The predicted octanol–water partition coefficient (Wildman–Crippen LogP) is 2.44. The summed E-state index contributed by atoms with van der Waals surface area (Å²) in [5.41, 5.74) is 1.75. The predicted molar refractivity (Wildman–Crippen MR) is 88.9 cm³/mol. The third-order valence-electron chi connectivity index (χ3n) is 3.04. The number of nitrogens with one attached hydrogen (secondary N) is 1. The summed E-state index contributed by atoms with van der Waals surface area (Å²) in [7, 11) is 1.64. The van der Waals surface area contributed by atoms with Gasteiger partial charge in [-0.05, 0) is 35.9 Å². The van der Waals surface area contributed by atoms with E-state index < -0.39 is 0 Å². The Morgan fingerprint density at radius 2 is 2.00 bits per heavy atom. The number of hydrogen-bond acceptors (Lipinski definition) is 4. The number of carbonyl (C=O) groups is 1. The zero-order chi connectivity index (χ0) is 16.3. The fraction of sp³-hybridized carbons (Fsp3) is 0.222. The molecule has 0 unspecified atom stereocenters. The summed E-state index contributed by atoms with van der Waals surface area (Å²) in [6.07, 6.45) is 4.85. The summed E-state index contributed by atoms with van der Waals surface area (Å²) in [5.74, 6) is 0.628. The molecule has 23 heavy (non-hydrogen) atoms. The van der Waals surface area contributed by atoms with Crippen molar-refractivity contribution in [3.05, 3.63) is 66.0 Å². The van der Waals surface area contributed by atoms with Crippen molar-refractivity contribution in [1.29, 1.82) is 0 Å². The summed E-state index contributed by atoms with van der Waals surface area (Å²) in [6, 6.07) is 13.1. The van der Waals surface area contributed by atoms with Gasteiger partial charge in [0.15, 0.2) is 0 Å². The number of methoxy groups -OCH3 is 1. The first-order chi connectivity index (χ1) is 11.3. The van der Waals surface area contributed by atoms with Crippen molar-refractivity contribution < 1.29 is 14.3 Å². The molecular formula is C18H20N2O3. The molecular weight excluding hydrogens is 292 g/mol. The molecule has 0 fully saturated rings. The Morgan fingerprint density at radius 1 is 1.17 bits per heavy atom. The van der Waals surface area contributed by atoms with Crippen LogP contribution in [0.4, 0.5) is 0 Å². The smallest absolute Gasteiger partial charge is 0.244 e. The van der Waals surface area contributed by atoms with Crippen molar-refractivity contribution in [2.24, 2.45) is 0 Å². The molecule has 2 aromatic rings. The normalized spacial score (nSPS) is 10.7. The van der Waals surface area contributed by atoms with Crippen molar-refractivity contribution in [3.8, 4) is 5.75 Å². The van der Waals surface area contributed by atoms with Crippen molar-refractivity contribution in [1.82, 2.24) is 10.3 Å². The van der Waals surface area contributed by atoms with Gasteiger partial charge in [-0.2, -0.15) is 0 Å². The largest absolute Gasteiger partial charge is 0.491 e. The van der Waals surface area contributed by atoms with E-state index in [0.29, 0.717) is 19.8 Å². The number of ether oxygens (including phenoxy) is 2. The highest BCUT2D eigenvalue weighted by molar-refractivity contribution is 5.91. The first-order valence-electron chi connectivity index (χ1n) is 7.35. The molecule has 0 spiro atoms. The van der Waals surface area contributed by atoms with E-state index in [4.69, 9.17) is 9.47 Å². The molecule has 5 nitrogen and oxygen atoms in total.